The van der Waals surface area contributed by atoms with Crippen molar-refractivity contribution < 1.29 is 22.8 Å². The summed E-state index contributed by atoms with van der Waals surface area (Å²) in [7, 11) is 0. The monoisotopic (exact) mass is 433 g/mol. The molecule has 1 atom stereocenters. The standard InChI is InChI=1S/C16H15ClF3N5O2S/c17-10-6-4-9(5-7-10)12(26)24-8-2-1-3-11(13(24)27)28-15-23-22-14(25(15)21)16(18,19)20/h4-7,11H,1-3,8,21H2/t11-/m0/s1. The molecule has 2 N–H and O–H groups in total. The van der Waals surface area contributed by atoms with Crippen molar-refractivity contribution in [2.75, 3.05) is 12.4 Å². The molecule has 0 saturated carbocycles. The Morgan fingerprint density at radius 3 is 2.50 bits per heavy atom. The van der Waals surface area contributed by atoms with Gasteiger partial charge < -0.3 is 5.84 Å². The number of hydrogen-bond acceptors (Lipinski definition) is 6. The van der Waals surface area contributed by atoms with E-state index in [1.807, 2.05) is 0 Å². The molecule has 2 heterocycles. The Balaban J connectivity index is 1.81. The molecule has 1 fully saturated rings. The quantitative estimate of drug-likeness (QED) is 0.590. The fraction of sp³-hybridized carbons (Fsp3) is 0.375. The van der Waals surface area contributed by atoms with Crippen molar-refractivity contribution in [2.24, 2.45) is 0 Å². The zero-order valence-corrected chi connectivity index (χ0v) is 15.9. The highest BCUT2D eigenvalue weighted by molar-refractivity contribution is 8.00. The lowest BCUT2D eigenvalue weighted by atomic mass is 10.2. The molecule has 150 valence electrons. The maximum Gasteiger partial charge on any atom is 0.453 e. The number of carbonyl (C=O) groups is 2. The topological polar surface area (TPSA) is 94.1 Å². The SMILES string of the molecule is Nn1c(S[C@H]2CCCCN(C(=O)c3ccc(Cl)cc3)C2=O)nnc1C(F)(F)F. The molecule has 0 unspecified atom stereocenters. The van der Waals surface area contributed by atoms with E-state index in [1.54, 1.807) is 12.1 Å². The fourth-order valence-electron chi connectivity index (χ4n) is 2.74. The second-order valence-corrected chi connectivity index (χ2v) is 7.68. The Morgan fingerprint density at radius 2 is 1.89 bits per heavy atom. The summed E-state index contributed by atoms with van der Waals surface area (Å²) in [4.78, 5) is 26.7. The normalized spacial score (nSPS) is 18.2. The molecule has 12 heteroatoms. The summed E-state index contributed by atoms with van der Waals surface area (Å²) in [5.41, 5.74) is 0.296. The summed E-state index contributed by atoms with van der Waals surface area (Å²) >= 11 is 6.59. The molecule has 1 saturated heterocycles. The van der Waals surface area contributed by atoms with Crippen molar-refractivity contribution in [3.05, 3.63) is 40.7 Å². The average molecular weight is 434 g/mol. The van der Waals surface area contributed by atoms with Gasteiger partial charge in [-0.05, 0) is 37.1 Å². The van der Waals surface area contributed by atoms with Gasteiger partial charge in [0.2, 0.25) is 11.1 Å². The van der Waals surface area contributed by atoms with Crippen LogP contribution in [0.1, 0.15) is 35.4 Å². The summed E-state index contributed by atoms with van der Waals surface area (Å²) in [5, 5.41) is 5.90. The molecular weight excluding hydrogens is 419 g/mol. The van der Waals surface area contributed by atoms with Gasteiger partial charge in [0.15, 0.2) is 0 Å². The summed E-state index contributed by atoms with van der Waals surface area (Å²) in [6.07, 6.45) is -3.17. The lowest BCUT2D eigenvalue weighted by molar-refractivity contribution is -0.146. The zero-order valence-electron chi connectivity index (χ0n) is 14.3. The van der Waals surface area contributed by atoms with E-state index in [4.69, 9.17) is 17.4 Å². The van der Waals surface area contributed by atoms with Gasteiger partial charge in [-0.2, -0.15) is 13.2 Å². The number of rotatable bonds is 3. The smallest absolute Gasteiger partial charge is 0.335 e. The molecule has 0 radical (unpaired) electrons. The van der Waals surface area contributed by atoms with Crippen molar-refractivity contribution in [1.82, 2.24) is 19.8 Å². The van der Waals surface area contributed by atoms with E-state index in [0.717, 1.165) is 16.7 Å². The molecule has 2 amide bonds. The number of aromatic nitrogens is 3. The largest absolute Gasteiger partial charge is 0.453 e. The van der Waals surface area contributed by atoms with E-state index in [-0.39, 0.29) is 11.7 Å². The first-order valence-electron chi connectivity index (χ1n) is 8.24. The molecule has 1 aliphatic heterocycles. The summed E-state index contributed by atoms with van der Waals surface area (Å²) < 4.78 is 38.8. The molecule has 28 heavy (non-hydrogen) atoms. The molecule has 0 spiro atoms. The lowest BCUT2D eigenvalue weighted by Crippen LogP contribution is -2.41. The van der Waals surface area contributed by atoms with Crippen LogP contribution in [0.4, 0.5) is 13.2 Å². The Hall–Kier alpha value is -2.27. The van der Waals surface area contributed by atoms with Crippen LogP contribution in [0, 0.1) is 0 Å². The second-order valence-electron chi connectivity index (χ2n) is 6.08. The van der Waals surface area contributed by atoms with E-state index >= 15 is 0 Å². The van der Waals surface area contributed by atoms with Crippen molar-refractivity contribution in [2.45, 2.75) is 35.8 Å². The van der Waals surface area contributed by atoms with Gasteiger partial charge in [-0.25, -0.2) is 4.68 Å². The number of benzene rings is 1. The van der Waals surface area contributed by atoms with Crippen LogP contribution in [-0.4, -0.2) is 43.4 Å². The Bertz CT molecular complexity index is 887. The number of nitrogens with zero attached hydrogens (tertiary/aromatic N) is 4. The molecule has 1 aliphatic rings. The number of thioether (sulfide) groups is 1. The summed E-state index contributed by atoms with van der Waals surface area (Å²) in [5.74, 6) is 3.09. The van der Waals surface area contributed by atoms with Crippen LogP contribution in [-0.2, 0) is 11.0 Å². The van der Waals surface area contributed by atoms with Crippen LogP contribution in [0.2, 0.25) is 5.02 Å². The van der Waals surface area contributed by atoms with Gasteiger partial charge in [0.25, 0.3) is 11.7 Å². The third kappa shape index (κ3) is 4.25. The predicted octanol–water partition coefficient (Wildman–Crippen LogP) is 2.98. The minimum atomic E-state index is -4.76. The first-order valence-corrected chi connectivity index (χ1v) is 9.50. The highest BCUT2D eigenvalue weighted by atomic mass is 35.5. The Morgan fingerprint density at radius 1 is 1.21 bits per heavy atom. The molecule has 1 aromatic carbocycles. The second kappa shape index (κ2) is 8.00. The molecule has 0 aliphatic carbocycles. The molecule has 0 bridgehead atoms. The van der Waals surface area contributed by atoms with E-state index < -0.39 is 29.1 Å². The van der Waals surface area contributed by atoms with E-state index in [0.29, 0.717) is 34.5 Å². The molecule has 3 rings (SSSR count). The van der Waals surface area contributed by atoms with Crippen molar-refractivity contribution in [1.29, 1.82) is 0 Å². The van der Waals surface area contributed by atoms with Gasteiger partial charge in [-0.1, -0.05) is 29.8 Å². The van der Waals surface area contributed by atoms with Crippen molar-refractivity contribution >= 4 is 35.2 Å². The summed E-state index contributed by atoms with van der Waals surface area (Å²) in [6, 6.07) is 6.10. The molecule has 2 aromatic rings. The number of amides is 2. The Kier molecular flexibility index (Phi) is 5.84. The number of alkyl halides is 3. The molecular formula is C16H15ClF3N5O2S. The van der Waals surface area contributed by atoms with Crippen LogP contribution in [0.3, 0.4) is 0 Å². The van der Waals surface area contributed by atoms with Gasteiger partial charge in [0.1, 0.15) is 0 Å². The third-order valence-electron chi connectivity index (χ3n) is 4.14. The Labute approximate surface area is 167 Å². The number of hydrogen-bond donors (Lipinski definition) is 1. The van der Waals surface area contributed by atoms with Gasteiger partial charge >= 0.3 is 6.18 Å². The lowest BCUT2D eigenvalue weighted by Gasteiger charge is -2.22. The van der Waals surface area contributed by atoms with Crippen molar-refractivity contribution in [3.63, 3.8) is 0 Å². The third-order valence-corrected chi connectivity index (χ3v) is 5.60. The summed E-state index contributed by atoms with van der Waals surface area (Å²) in [6.45, 7) is 0.223. The number of likely N-dealkylation sites (tertiary alicyclic amines) is 1. The van der Waals surface area contributed by atoms with Crippen molar-refractivity contribution in [3.8, 4) is 0 Å². The van der Waals surface area contributed by atoms with Gasteiger partial charge in [0, 0.05) is 17.1 Å². The molecule has 1 aromatic heterocycles. The van der Waals surface area contributed by atoms with Crippen LogP contribution in [0.15, 0.2) is 29.4 Å². The number of carbonyl (C=O) groups excluding carboxylic acids is 2. The number of nitrogens with two attached hydrogens (primary N) is 1. The maximum atomic E-state index is 12.9. The van der Waals surface area contributed by atoms with E-state index in [2.05, 4.69) is 10.2 Å². The van der Waals surface area contributed by atoms with E-state index in [9.17, 15) is 22.8 Å². The number of imide groups is 1. The molecule has 7 nitrogen and oxygen atoms in total. The first-order chi connectivity index (χ1) is 13.2. The minimum Gasteiger partial charge on any atom is -0.335 e. The highest BCUT2D eigenvalue weighted by Crippen LogP contribution is 2.33. The van der Waals surface area contributed by atoms with Crippen LogP contribution < -0.4 is 5.84 Å². The number of nitrogen functional groups attached to an aromatic ring is 1. The van der Waals surface area contributed by atoms with Crippen LogP contribution >= 0.6 is 23.4 Å². The van der Waals surface area contributed by atoms with E-state index in [1.165, 1.54) is 12.1 Å². The van der Waals surface area contributed by atoms with Gasteiger partial charge in [-0.15, -0.1) is 10.2 Å². The maximum absolute atomic E-state index is 12.9. The highest BCUT2D eigenvalue weighted by Gasteiger charge is 2.39. The number of halogens is 4. The minimum absolute atomic E-state index is 0.223. The average Bonchev–Trinajstić information content (AvgIpc) is 2.90. The van der Waals surface area contributed by atoms with Gasteiger partial charge in [0.05, 0.1) is 5.25 Å². The first kappa shape index (κ1) is 20.5. The predicted molar refractivity (Wildman–Crippen MR) is 96.2 cm³/mol. The fourth-order valence-corrected chi connectivity index (χ4v) is 3.93. The van der Waals surface area contributed by atoms with Crippen LogP contribution in [0.5, 0.6) is 0 Å². The van der Waals surface area contributed by atoms with Crippen LogP contribution in [0.25, 0.3) is 0 Å². The zero-order chi connectivity index (χ0) is 20.5. The van der Waals surface area contributed by atoms with Gasteiger partial charge in [-0.3, -0.25) is 14.5 Å².